The van der Waals surface area contributed by atoms with Crippen LogP contribution in [0.15, 0.2) is 48.7 Å². The molecule has 0 atom stereocenters. The van der Waals surface area contributed by atoms with Crippen LogP contribution in [0.5, 0.6) is 0 Å². The van der Waals surface area contributed by atoms with Crippen molar-refractivity contribution in [2.24, 2.45) is 0 Å². The second-order valence-electron chi connectivity index (χ2n) is 5.15. The SMILES string of the molecule is CC(C)n1cc(C=O)c(-c2cccc3ccccc23)n1. The Labute approximate surface area is 117 Å². The van der Waals surface area contributed by atoms with E-state index >= 15 is 0 Å². The molecule has 3 aromatic rings. The second kappa shape index (κ2) is 4.93. The van der Waals surface area contributed by atoms with Gasteiger partial charge in [0.05, 0.1) is 5.56 Å². The van der Waals surface area contributed by atoms with E-state index in [1.54, 1.807) is 0 Å². The first-order valence-electron chi connectivity index (χ1n) is 6.73. The summed E-state index contributed by atoms with van der Waals surface area (Å²) in [6, 6.07) is 14.5. The van der Waals surface area contributed by atoms with Gasteiger partial charge in [0.2, 0.25) is 0 Å². The van der Waals surface area contributed by atoms with E-state index in [2.05, 4.69) is 37.1 Å². The molecule has 0 saturated heterocycles. The van der Waals surface area contributed by atoms with Crippen LogP contribution in [0.3, 0.4) is 0 Å². The molecule has 0 aliphatic carbocycles. The maximum Gasteiger partial charge on any atom is 0.153 e. The summed E-state index contributed by atoms with van der Waals surface area (Å²) < 4.78 is 1.83. The summed E-state index contributed by atoms with van der Waals surface area (Å²) in [5, 5.41) is 6.86. The Bertz CT molecular complexity index is 766. The maximum absolute atomic E-state index is 11.3. The van der Waals surface area contributed by atoms with Gasteiger partial charge in [-0.05, 0) is 24.6 Å². The molecule has 0 fully saturated rings. The number of aldehydes is 1. The molecule has 100 valence electrons. The summed E-state index contributed by atoms with van der Waals surface area (Å²) in [5.41, 5.74) is 2.39. The van der Waals surface area contributed by atoms with Crippen molar-refractivity contribution in [1.29, 1.82) is 0 Å². The largest absolute Gasteiger partial charge is 0.298 e. The number of aromatic nitrogens is 2. The van der Waals surface area contributed by atoms with Crippen LogP contribution in [0.1, 0.15) is 30.2 Å². The minimum atomic E-state index is 0.234. The molecule has 20 heavy (non-hydrogen) atoms. The number of rotatable bonds is 3. The van der Waals surface area contributed by atoms with Crippen LogP contribution in [0.2, 0.25) is 0 Å². The fourth-order valence-electron chi connectivity index (χ4n) is 2.40. The van der Waals surface area contributed by atoms with E-state index in [0.29, 0.717) is 5.56 Å². The van der Waals surface area contributed by atoms with Crippen LogP contribution in [-0.4, -0.2) is 16.1 Å². The van der Waals surface area contributed by atoms with Crippen LogP contribution >= 0.6 is 0 Å². The van der Waals surface area contributed by atoms with E-state index in [4.69, 9.17) is 0 Å². The molecule has 0 saturated carbocycles. The minimum absolute atomic E-state index is 0.234. The molecule has 0 unspecified atom stereocenters. The van der Waals surface area contributed by atoms with Gasteiger partial charge in [-0.25, -0.2) is 0 Å². The van der Waals surface area contributed by atoms with E-state index in [1.807, 2.05) is 35.1 Å². The predicted molar refractivity (Wildman–Crippen MR) is 80.9 cm³/mol. The highest BCUT2D eigenvalue weighted by atomic mass is 16.1. The first kappa shape index (κ1) is 12.6. The average Bonchev–Trinajstić information content (AvgIpc) is 2.91. The zero-order valence-corrected chi connectivity index (χ0v) is 11.6. The van der Waals surface area contributed by atoms with Gasteiger partial charge in [-0.3, -0.25) is 9.48 Å². The molecule has 0 bridgehead atoms. The number of fused-ring (bicyclic) bond motifs is 1. The Hall–Kier alpha value is -2.42. The highest BCUT2D eigenvalue weighted by molar-refractivity contribution is 5.99. The normalized spacial score (nSPS) is 11.2. The van der Waals surface area contributed by atoms with Gasteiger partial charge in [0.25, 0.3) is 0 Å². The van der Waals surface area contributed by atoms with Gasteiger partial charge in [0, 0.05) is 17.8 Å². The standard InChI is InChI=1S/C17H16N2O/c1-12(2)19-10-14(11-20)17(18-19)16-9-5-7-13-6-3-4-8-15(13)16/h3-12H,1-2H3. The summed E-state index contributed by atoms with van der Waals surface area (Å²) in [5.74, 6) is 0. The molecular weight excluding hydrogens is 248 g/mol. The van der Waals surface area contributed by atoms with Gasteiger partial charge in [-0.15, -0.1) is 0 Å². The first-order chi connectivity index (χ1) is 9.70. The molecule has 3 rings (SSSR count). The number of benzene rings is 2. The molecule has 0 aliphatic heterocycles. The van der Waals surface area contributed by atoms with Crippen LogP contribution in [-0.2, 0) is 0 Å². The van der Waals surface area contributed by atoms with Gasteiger partial charge in [-0.2, -0.15) is 5.10 Å². The second-order valence-corrected chi connectivity index (χ2v) is 5.15. The van der Waals surface area contributed by atoms with Gasteiger partial charge in [-0.1, -0.05) is 42.5 Å². The summed E-state index contributed by atoms with van der Waals surface area (Å²) in [6.45, 7) is 4.10. The van der Waals surface area contributed by atoms with Crippen LogP contribution in [0.25, 0.3) is 22.0 Å². The van der Waals surface area contributed by atoms with Crippen LogP contribution < -0.4 is 0 Å². The van der Waals surface area contributed by atoms with E-state index in [1.165, 1.54) is 0 Å². The van der Waals surface area contributed by atoms with E-state index < -0.39 is 0 Å². The Kier molecular flexibility index (Phi) is 3.11. The van der Waals surface area contributed by atoms with Gasteiger partial charge in [0.15, 0.2) is 6.29 Å². The molecular formula is C17H16N2O. The lowest BCUT2D eigenvalue weighted by Gasteiger charge is -2.06. The topological polar surface area (TPSA) is 34.9 Å². The quantitative estimate of drug-likeness (QED) is 0.668. The molecule has 0 amide bonds. The van der Waals surface area contributed by atoms with E-state index in [0.717, 1.165) is 28.3 Å². The Morgan fingerprint density at radius 1 is 1.10 bits per heavy atom. The van der Waals surface area contributed by atoms with Crippen molar-refractivity contribution in [3.63, 3.8) is 0 Å². The molecule has 1 heterocycles. The van der Waals surface area contributed by atoms with Crippen molar-refractivity contribution in [2.45, 2.75) is 19.9 Å². The Balaban J connectivity index is 2.28. The van der Waals surface area contributed by atoms with Crippen molar-refractivity contribution in [3.05, 3.63) is 54.2 Å². The predicted octanol–water partition coefficient (Wildman–Crippen LogP) is 4.10. The van der Waals surface area contributed by atoms with E-state index in [9.17, 15) is 4.79 Å². The third-order valence-corrected chi connectivity index (χ3v) is 3.46. The number of nitrogens with zero attached hydrogens (tertiary/aromatic N) is 2. The summed E-state index contributed by atoms with van der Waals surface area (Å²) in [4.78, 5) is 11.3. The van der Waals surface area contributed by atoms with Crippen LogP contribution in [0, 0.1) is 0 Å². The molecule has 0 spiro atoms. The lowest BCUT2D eigenvalue weighted by molar-refractivity contribution is 0.112. The highest BCUT2D eigenvalue weighted by Crippen LogP contribution is 2.29. The fourth-order valence-corrected chi connectivity index (χ4v) is 2.40. The van der Waals surface area contributed by atoms with Crippen molar-refractivity contribution >= 4 is 17.1 Å². The van der Waals surface area contributed by atoms with E-state index in [-0.39, 0.29) is 6.04 Å². The molecule has 2 aromatic carbocycles. The van der Waals surface area contributed by atoms with Crippen molar-refractivity contribution in [3.8, 4) is 11.3 Å². The summed E-state index contributed by atoms with van der Waals surface area (Å²) in [7, 11) is 0. The smallest absolute Gasteiger partial charge is 0.153 e. The Morgan fingerprint density at radius 2 is 1.85 bits per heavy atom. The van der Waals surface area contributed by atoms with Crippen LogP contribution in [0.4, 0.5) is 0 Å². The lowest BCUT2D eigenvalue weighted by atomic mass is 10.0. The number of hydrogen-bond donors (Lipinski definition) is 0. The maximum atomic E-state index is 11.3. The first-order valence-corrected chi connectivity index (χ1v) is 6.73. The fraction of sp³-hybridized carbons (Fsp3) is 0.176. The number of carbonyl (C=O) groups is 1. The highest BCUT2D eigenvalue weighted by Gasteiger charge is 2.14. The molecule has 1 aromatic heterocycles. The van der Waals surface area contributed by atoms with Crippen molar-refractivity contribution < 1.29 is 4.79 Å². The molecule has 0 N–H and O–H groups in total. The zero-order chi connectivity index (χ0) is 14.1. The summed E-state index contributed by atoms with van der Waals surface area (Å²) in [6.07, 6.45) is 2.69. The van der Waals surface area contributed by atoms with Gasteiger partial charge < -0.3 is 0 Å². The number of carbonyl (C=O) groups excluding carboxylic acids is 1. The van der Waals surface area contributed by atoms with Crippen molar-refractivity contribution in [1.82, 2.24) is 9.78 Å². The molecule has 0 radical (unpaired) electrons. The monoisotopic (exact) mass is 264 g/mol. The summed E-state index contributed by atoms with van der Waals surface area (Å²) >= 11 is 0. The number of hydrogen-bond acceptors (Lipinski definition) is 2. The molecule has 3 heteroatoms. The third kappa shape index (κ3) is 2.01. The van der Waals surface area contributed by atoms with Gasteiger partial charge in [0.1, 0.15) is 5.69 Å². The van der Waals surface area contributed by atoms with Gasteiger partial charge >= 0.3 is 0 Å². The molecule has 3 nitrogen and oxygen atoms in total. The lowest BCUT2D eigenvalue weighted by Crippen LogP contribution is -2.00. The average molecular weight is 264 g/mol. The molecule has 0 aliphatic rings. The van der Waals surface area contributed by atoms with Crippen molar-refractivity contribution in [2.75, 3.05) is 0 Å². The Morgan fingerprint density at radius 3 is 2.60 bits per heavy atom. The zero-order valence-electron chi connectivity index (χ0n) is 11.6. The minimum Gasteiger partial charge on any atom is -0.298 e. The third-order valence-electron chi connectivity index (χ3n) is 3.46.